The molecule has 2 aromatic carbocycles. The van der Waals surface area contributed by atoms with Crippen molar-refractivity contribution in [1.29, 1.82) is 0 Å². The summed E-state index contributed by atoms with van der Waals surface area (Å²) in [6, 6.07) is 17.9. The van der Waals surface area contributed by atoms with E-state index in [2.05, 4.69) is 35.9 Å². The van der Waals surface area contributed by atoms with E-state index in [1.54, 1.807) is 21.8 Å². The summed E-state index contributed by atoms with van der Waals surface area (Å²) >= 11 is 0. The zero-order valence-electron chi connectivity index (χ0n) is 18.6. The van der Waals surface area contributed by atoms with Gasteiger partial charge in [0.1, 0.15) is 11.5 Å². The summed E-state index contributed by atoms with van der Waals surface area (Å²) < 4.78 is 1.74. The van der Waals surface area contributed by atoms with E-state index in [1.807, 2.05) is 48.7 Å². The number of anilines is 1. The highest BCUT2D eigenvalue weighted by Gasteiger charge is 2.30. The van der Waals surface area contributed by atoms with E-state index in [9.17, 15) is 4.79 Å². The van der Waals surface area contributed by atoms with Gasteiger partial charge in [-0.25, -0.2) is 14.6 Å². The number of rotatable bonds is 5. The van der Waals surface area contributed by atoms with Gasteiger partial charge in [0.05, 0.1) is 18.7 Å². The van der Waals surface area contributed by atoms with Crippen LogP contribution in [0.25, 0.3) is 17.1 Å². The van der Waals surface area contributed by atoms with Gasteiger partial charge in [0.25, 0.3) is 0 Å². The summed E-state index contributed by atoms with van der Waals surface area (Å²) in [6.07, 6.45) is 9.35. The number of hydrogen-bond donors (Lipinski definition) is 0. The quantitative estimate of drug-likeness (QED) is 0.434. The monoisotopic (exact) mass is 433 g/mol. The van der Waals surface area contributed by atoms with Crippen molar-refractivity contribution in [3.05, 3.63) is 89.4 Å². The second kappa shape index (κ2) is 8.36. The molecule has 33 heavy (non-hydrogen) atoms. The van der Waals surface area contributed by atoms with Gasteiger partial charge >= 0.3 is 0 Å². The predicted molar refractivity (Wildman–Crippen MR) is 128 cm³/mol. The van der Waals surface area contributed by atoms with Crippen molar-refractivity contribution >= 4 is 11.7 Å². The molecule has 6 heteroatoms. The van der Waals surface area contributed by atoms with Crippen molar-refractivity contribution in [2.75, 3.05) is 4.90 Å². The van der Waals surface area contributed by atoms with Gasteiger partial charge in [-0.3, -0.25) is 9.69 Å². The number of amides is 1. The Kier molecular flexibility index (Phi) is 5.23. The number of hydrogen-bond acceptors (Lipinski definition) is 4. The normalized spacial score (nSPS) is 12.8. The maximum atomic E-state index is 12.8. The van der Waals surface area contributed by atoms with Gasteiger partial charge in [0.15, 0.2) is 5.82 Å². The van der Waals surface area contributed by atoms with Crippen molar-refractivity contribution in [3.8, 4) is 29.4 Å². The molecule has 1 aliphatic rings. The van der Waals surface area contributed by atoms with E-state index in [4.69, 9.17) is 11.4 Å². The van der Waals surface area contributed by atoms with E-state index in [-0.39, 0.29) is 5.91 Å². The molecule has 4 aromatic rings. The fourth-order valence-corrected chi connectivity index (χ4v) is 4.11. The molecule has 0 fully saturated rings. The summed E-state index contributed by atoms with van der Waals surface area (Å²) in [5.74, 6) is 4.25. The maximum absolute atomic E-state index is 12.8. The van der Waals surface area contributed by atoms with Crippen LogP contribution in [-0.2, 0) is 17.8 Å². The van der Waals surface area contributed by atoms with Crippen LogP contribution in [0.1, 0.15) is 42.1 Å². The van der Waals surface area contributed by atoms with E-state index in [0.29, 0.717) is 36.2 Å². The predicted octanol–water partition coefficient (Wildman–Crippen LogP) is 4.52. The van der Waals surface area contributed by atoms with Crippen molar-refractivity contribution in [1.82, 2.24) is 19.7 Å². The third kappa shape index (κ3) is 3.90. The van der Waals surface area contributed by atoms with Crippen LogP contribution in [0.15, 0.2) is 67.0 Å². The number of carbonyl (C=O) groups is 1. The highest BCUT2D eigenvalue weighted by atomic mass is 16.2. The lowest BCUT2D eigenvalue weighted by Gasteiger charge is -2.18. The minimum Gasteiger partial charge on any atom is -0.292 e. The number of carbonyl (C=O) groups excluding carboxylic acids is 1. The Bertz CT molecular complexity index is 1380. The molecule has 0 bridgehead atoms. The minimum atomic E-state index is 0.0309. The molecule has 0 saturated heterocycles. The Morgan fingerprint density at radius 1 is 1.09 bits per heavy atom. The van der Waals surface area contributed by atoms with Crippen LogP contribution in [0.2, 0.25) is 0 Å². The molecular weight excluding hydrogens is 410 g/mol. The zero-order valence-corrected chi connectivity index (χ0v) is 18.6. The highest BCUT2D eigenvalue weighted by Crippen LogP contribution is 2.32. The number of benzene rings is 2. The molecule has 0 radical (unpaired) electrons. The van der Waals surface area contributed by atoms with Crippen LogP contribution in [0.3, 0.4) is 0 Å². The van der Waals surface area contributed by atoms with E-state index in [0.717, 1.165) is 22.4 Å². The van der Waals surface area contributed by atoms with Gasteiger partial charge < -0.3 is 0 Å². The Balaban J connectivity index is 1.43. The molecule has 6 nitrogen and oxygen atoms in total. The molecule has 2 aromatic heterocycles. The van der Waals surface area contributed by atoms with Crippen LogP contribution >= 0.6 is 0 Å². The molecule has 0 atom stereocenters. The van der Waals surface area contributed by atoms with Gasteiger partial charge in [-0.05, 0) is 41.2 Å². The van der Waals surface area contributed by atoms with Crippen LogP contribution in [0, 0.1) is 12.3 Å². The van der Waals surface area contributed by atoms with E-state index >= 15 is 0 Å². The van der Waals surface area contributed by atoms with Gasteiger partial charge in [-0.15, -0.1) is 6.42 Å². The van der Waals surface area contributed by atoms with Crippen molar-refractivity contribution < 1.29 is 4.79 Å². The molecule has 162 valence electrons. The van der Waals surface area contributed by atoms with Crippen molar-refractivity contribution in [2.45, 2.75) is 32.7 Å². The molecule has 0 N–H and O–H groups in total. The first-order valence-corrected chi connectivity index (χ1v) is 10.9. The van der Waals surface area contributed by atoms with E-state index in [1.165, 1.54) is 5.56 Å². The lowest BCUT2D eigenvalue weighted by Crippen LogP contribution is -2.26. The van der Waals surface area contributed by atoms with Gasteiger partial charge in [-0.2, -0.15) is 5.10 Å². The zero-order chi connectivity index (χ0) is 22.9. The first-order valence-electron chi connectivity index (χ1n) is 10.9. The SMILES string of the molecule is C#Cc1ccn(-c2ccc(CN3C(=O)Cc4cnc(-c5ccccc5C(C)C)nc43)cc2)n1. The average Bonchev–Trinajstić information content (AvgIpc) is 3.44. The Hall–Kier alpha value is -4.24. The fraction of sp³-hybridized carbons (Fsp3) is 0.185. The molecular formula is C27H23N5O. The summed E-state index contributed by atoms with van der Waals surface area (Å²) in [4.78, 5) is 24.0. The summed E-state index contributed by atoms with van der Waals surface area (Å²) in [5, 5.41) is 4.33. The lowest BCUT2D eigenvalue weighted by molar-refractivity contribution is -0.117. The number of terminal acetylenes is 1. The maximum Gasteiger partial charge on any atom is 0.233 e. The smallest absolute Gasteiger partial charge is 0.233 e. The van der Waals surface area contributed by atoms with Crippen LogP contribution in [0.4, 0.5) is 5.82 Å². The first kappa shape index (κ1) is 20.7. The molecule has 3 heterocycles. The Morgan fingerprint density at radius 2 is 1.88 bits per heavy atom. The topological polar surface area (TPSA) is 63.9 Å². The molecule has 0 unspecified atom stereocenters. The van der Waals surface area contributed by atoms with Crippen molar-refractivity contribution in [2.24, 2.45) is 0 Å². The summed E-state index contributed by atoms with van der Waals surface area (Å²) in [6.45, 7) is 4.76. The average molecular weight is 434 g/mol. The van der Waals surface area contributed by atoms with Gasteiger partial charge in [-0.1, -0.05) is 50.2 Å². The summed E-state index contributed by atoms with van der Waals surface area (Å²) in [7, 11) is 0. The second-order valence-corrected chi connectivity index (χ2v) is 8.40. The molecule has 1 amide bonds. The third-order valence-electron chi connectivity index (χ3n) is 5.84. The van der Waals surface area contributed by atoms with Crippen LogP contribution in [-0.4, -0.2) is 25.7 Å². The lowest BCUT2D eigenvalue weighted by atomic mass is 9.97. The molecule has 0 spiro atoms. The summed E-state index contributed by atoms with van der Waals surface area (Å²) in [5.41, 5.74) is 5.56. The van der Waals surface area contributed by atoms with Crippen molar-refractivity contribution in [3.63, 3.8) is 0 Å². The number of nitrogens with zero attached hydrogens (tertiary/aromatic N) is 5. The van der Waals surface area contributed by atoms with Crippen LogP contribution in [0.5, 0.6) is 0 Å². The van der Waals surface area contributed by atoms with Crippen LogP contribution < -0.4 is 4.90 Å². The fourth-order valence-electron chi connectivity index (χ4n) is 4.11. The second-order valence-electron chi connectivity index (χ2n) is 8.40. The number of aromatic nitrogens is 4. The largest absolute Gasteiger partial charge is 0.292 e. The Morgan fingerprint density at radius 3 is 2.61 bits per heavy atom. The molecule has 0 aliphatic carbocycles. The van der Waals surface area contributed by atoms with Gasteiger partial charge in [0, 0.05) is 23.5 Å². The number of fused-ring (bicyclic) bond motifs is 1. The minimum absolute atomic E-state index is 0.0309. The third-order valence-corrected chi connectivity index (χ3v) is 5.84. The highest BCUT2D eigenvalue weighted by molar-refractivity contribution is 6.00. The molecule has 5 rings (SSSR count). The first-order chi connectivity index (χ1) is 16.0. The Labute approximate surface area is 192 Å². The molecule has 0 saturated carbocycles. The van der Waals surface area contributed by atoms with Gasteiger partial charge in [0.2, 0.25) is 5.91 Å². The van der Waals surface area contributed by atoms with E-state index < -0.39 is 0 Å². The standard InChI is InChI=1S/C27H23N5O/c1-4-21-13-14-32(30-21)22-11-9-19(10-12-22)17-31-25(33)15-20-16-28-26(29-27(20)31)24-8-6-5-7-23(24)18(2)3/h1,5-14,16,18H,15,17H2,2-3H3. The molecule has 1 aliphatic heterocycles.